The topological polar surface area (TPSA) is 66.0 Å². The molecule has 0 N–H and O–H groups in total. The largest absolute Gasteiger partial charge is 0.352 e. The van der Waals surface area contributed by atoms with Crippen LogP contribution in [0.4, 0.5) is 0 Å². The summed E-state index contributed by atoms with van der Waals surface area (Å²) in [7, 11) is -1.18. The third kappa shape index (κ3) is 1.55. The fraction of sp³-hybridized carbons (Fsp3) is 0.375. The summed E-state index contributed by atoms with van der Waals surface area (Å²) in [5, 5.41) is 0. The van der Waals surface area contributed by atoms with Crippen molar-refractivity contribution >= 4 is 10.8 Å². The number of hydrogen-bond donors (Lipinski definition) is 0. The molecular formula is C16H17N3O3S. The molecule has 1 aromatic carbocycles. The van der Waals surface area contributed by atoms with E-state index in [1.165, 1.54) is 13.9 Å². The van der Waals surface area contributed by atoms with Crippen molar-refractivity contribution in [1.29, 1.82) is 0 Å². The standard InChI is InChI=1S/C16H17N3O3S/c1-15(2)11-12(23(11)22)16(3,4)19-14(21)17(13(20)18(15)19)10-8-6-5-7-9-10/h5-9H,1-4H3. The maximum Gasteiger partial charge on any atom is 0.352 e. The van der Waals surface area contributed by atoms with Crippen LogP contribution in [-0.2, 0) is 21.9 Å². The van der Waals surface area contributed by atoms with Crippen molar-refractivity contribution in [2.45, 2.75) is 38.8 Å². The SMILES string of the molecule is CC1(C)C2=C(S2=O)C(C)(C)n2c(=O)n(-c3ccccc3)c(=O)n21. The second-order valence-corrected chi connectivity index (χ2v) is 8.26. The first-order valence-electron chi connectivity index (χ1n) is 7.41. The van der Waals surface area contributed by atoms with Crippen molar-refractivity contribution in [2.75, 3.05) is 0 Å². The molecule has 2 aromatic rings. The molecular weight excluding hydrogens is 314 g/mol. The number of fused-ring (bicyclic) bond motifs is 1. The molecule has 0 bridgehead atoms. The summed E-state index contributed by atoms with van der Waals surface area (Å²) in [6.07, 6.45) is 0. The molecule has 0 fully saturated rings. The van der Waals surface area contributed by atoms with Crippen LogP contribution in [0.2, 0.25) is 0 Å². The lowest BCUT2D eigenvalue weighted by atomic mass is 9.95. The Balaban J connectivity index is 2.12. The molecule has 1 aromatic heterocycles. The zero-order valence-corrected chi connectivity index (χ0v) is 14.2. The molecule has 6 nitrogen and oxygen atoms in total. The number of allylic oxidation sites excluding steroid dienone is 2. The summed E-state index contributed by atoms with van der Waals surface area (Å²) >= 11 is 0. The van der Waals surface area contributed by atoms with E-state index in [0.717, 1.165) is 9.81 Å². The van der Waals surface area contributed by atoms with Crippen LogP contribution in [0.5, 0.6) is 0 Å². The molecule has 7 heteroatoms. The Morgan fingerprint density at radius 3 is 1.70 bits per heavy atom. The first-order valence-corrected chi connectivity index (χ1v) is 8.56. The molecule has 3 heterocycles. The van der Waals surface area contributed by atoms with Crippen LogP contribution < -0.4 is 11.4 Å². The summed E-state index contributed by atoms with van der Waals surface area (Å²) < 4.78 is 16.4. The van der Waals surface area contributed by atoms with Gasteiger partial charge in [0.05, 0.1) is 37.4 Å². The molecule has 0 radical (unpaired) electrons. The minimum Gasteiger partial charge on any atom is -0.249 e. The van der Waals surface area contributed by atoms with Crippen molar-refractivity contribution < 1.29 is 4.21 Å². The molecule has 0 atom stereocenters. The number of benzene rings is 1. The second-order valence-electron chi connectivity index (χ2n) is 6.90. The third-order valence-corrected chi connectivity index (χ3v) is 6.61. The maximum atomic E-state index is 13.0. The minimum absolute atomic E-state index is 0.408. The van der Waals surface area contributed by atoms with E-state index in [4.69, 9.17) is 0 Å². The Hall–Kier alpha value is -2.15. The predicted octanol–water partition coefficient (Wildman–Crippen LogP) is 1.26. The Labute approximate surface area is 135 Å². The summed E-state index contributed by atoms with van der Waals surface area (Å²) in [5.74, 6) is 0. The van der Waals surface area contributed by atoms with Gasteiger partial charge in [0.25, 0.3) is 0 Å². The normalized spacial score (nSPS) is 21.0. The summed E-state index contributed by atoms with van der Waals surface area (Å²) in [5.41, 5.74) is -1.82. The molecule has 0 spiro atoms. The first-order chi connectivity index (χ1) is 10.7. The molecule has 2 aliphatic rings. The average Bonchev–Trinajstić information content (AvgIpc) is 3.10. The van der Waals surface area contributed by atoms with Crippen LogP contribution in [0.15, 0.2) is 49.7 Å². The van der Waals surface area contributed by atoms with Gasteiger partial charge < -0.3 is 0 Å². The molecule has 0 saturated carbocycles. The zero-order valence-electron chi connectivity index (χ0n) is 13.4. The summed E-state index contributed by atoms with van der Waals surface area (Å²) in [6, 6.07) is 8.87. The van der Waals surface area contributed by atoms with Gasteiger partial charge >= 0.3 is 11.4 Å². The van der Waals surface area contributed by atoms with E-state index < -0.39 is 33.3 Å². The van der Waals surface area contributed by atoms with Crippen molar-refractivity contribution in [3.05, 3.63) is 61.1 Å². The molecule has 4 rings (SSSR count). The Bertz CT molecular complexity index is 960. The lowest BCUT2D eigenvalue weighted by molar-refractivity contribution is 0.225. The second kappa shape index (κ2) is 4.03. The molecule has 0 unspecified atom stereocenters. The number of nitrogens with zero attached hydrogens (tertiary/aromatic N) is 3. The van der Waals surface area contributed by atoms with Gasteiger partial charge in [-0.05, 0) is 39.8 Å². The van der Waals surface area contributed by atoms with Crippen LogP contribution in [0, 0.1) is 0 Å². The molecule has 0 aliphatic carbocycles. The lowest BCUT2D eigenvalue weighted by Gasteiger charge is -2.34. The van der Waals surface area contributed by atoms with Crippen molar-refractivity contribution in [2.24, 2.45) is 0 Å². The van der Waals surface area contributed by atoms with E-state index in [-0.39, 0.29) is 0 Å². The van der Waals surface area contributed by atoms with Crippen LogP contribution in [0.3, 0.4) is 0 Å². The monoisotopic (exact) mass is 331 g/mol. The minimum atomic E-state index is -1.18. The van der Waals surface area contributed by atoms with E-state index in [2.05, 4.69) is 0 Å². The van der Waals surface area contributed by atoms with Gasteiger partial charge in [-0.25, -0.2) is 27.7 Å². The summed E-state index contributed by atoms with van der Waals surface area (Å²) in [4.78, 5) is 27.5. The van der Waals surface area contributed by atoms with E-state index >= 15 is 0 Å². The van der Waals surface area contributed by atoms with Crippen LogP contribution >= 0.6 is 0 Å². The first kappa shape index (κ1) is 14.4. The Morgan fingerprint density at radius 1 is 0.826 bits per heavy atom. The molecule has 0 amide bonds. The van der Waals surface area contributed by atoms with Crippen LogP contribution in [-0.4, -0.2) is 18.1 Å². The molecule has 2 aliphatic heterocycles. The van der Waals surface area contributed by atoms with Gasteiger partial charge in [-0.1, -0.05) is 18.2 Å². The fourth-order valence-electron chi connectivity index (χ4n) is 3.56. The Kier molecular flexibility index (Phi) is 2.53. The molecule has 120 valence electrons. The van der Waals surface area contributed by atoms with Crippen molar-refractivity contribution in [3.63, 3.8) is 0 Å². The van der Waals surface area contributed by atoms with E-state index in [9.17, 15) is 13.8 Å². The zero-order chi connectivity index (χ0) is 16.7. The highest BCUT2D eigenvalue weighted by Gasteiger charge is 2.59. The van der Waals surface area contributed by atoms with Gasteiger partial charge in [0, 0.05) is 0 Å². The van der Waals surface area contributed by atoms with Crippen LogP contribution in [0.25, 0.3) is 5.69 Å². The fourth-order valence-corrected chi connectivity index (χ4v) is 5.51. The number of aromatic nitrogens is 3. The number of rotatable bonds is 1. The van der Waals surface area contributed by atoms with Gasteiger partial charge in [0.2, 0.25) is 0 Å². The van der Waals surface area contributed by atoms with Crippen LogP contribution in [0.1, 0.15) is 27.7 Å². The molecule has 23 heavy (non-hydrogen) atoms. The van der Waals surface area contributed by atoms with Gasteiger partial charge in [-0.2, -0.15) is 0 Å². The van der Waals surface area contributed by atoms with Gasteiger partial charge in [0.15, 0.2) is 0 Å². The van der Waals surface area contributed by atoms with Gasteiger partial charge in [-0.3, -0.25) is 0 Å². The van der Waals surface area contributed by atoms with Gasteiger partial charge in [-0.15, -0.1) is 0 Å². The highest BCUT2D eigenvalue weighted by atomic mass is 32.2. The highest BCUT2D eigenvalue weighted by Crippen LogP contribution is 2.54. The predicted molar refractivity (Wildman–Crippen MR) is 88.1 cm³/mol. The third-order valence-electron chi connectivity index (χ3n) is 4.67. The van der Waals surface area contributed by atoms with Crippen molar-refractivity contribution in [3.8, 4) is 5.69 Å². The highest BCUT2D eigenvalue weighted by molar-refractivity contribution is 8.00. The van der Waals surface area contributed by atoms with E-state index in [0.29, 0.717) is 5.69 Å². The average molecular weight is 331 g/mol. The number of hydrogen-bond acceptors (Lipinski definition) is 3. The maximum absolute atomic E-state index is 13.0. The smallest absolute Gasteiger partial charge is 0.249 e. The van der Waals surface area contributed by atoms with E-state index in [1.54, 1.807) is 24.3 Å². The van der Waals surface area contributed by atoms with E-state index in [1.807, 2.05) is 33.8 Å². The Morgan fingerprint density at radius 2 is 1.26 bits per heavy atom. The quantitative estimate of drug-likeness (QED) is 0.790. The number of para-hydroxylation sites is 1. The summed E-state index contributed by atoms with van der Waals surface area (Å²) in [6.45, 7) is 7.31. The molecule has 0 saturated heterocycles. The van der Waals surface area contributed by atoms with Crippen molar-refractivity contribution in [1.82, 2.24) is 13.9 Å². The van der Waals surface area contributed by atoms with Gasteiger partial charge in [0.1, 0.15) is 0 Å². The lowest BCUT2D eigenvalue weighted by Crippen LogP contribution is -2.49.